The molecule has 0 fully saturated rings. The van der Waals surface area contributed by atoms with E-state index in [0.29, 0.717) is 0 Å². The van der Waals surface area contributed by atoms with Crippen molar-refractivity contribution < 1.29 is 0 Å². The van der Waals surface area contributed by atoms with Gasteiger partial charge in [0.25, 0.3) is 0 Å². The summed E-state index contributed by atoms with van der Waals surface area (Å²) in [4.78, 5) is 5.21. The number of fused-ring (bicyclic) bond motifs is 1. The Morgan fingerprint density at radius 3 is 2.86 bits per heavy atom. The van der Waals surface area contributed by atoms with Crippen molar-refractivity contribution in [2.45, 2.75) is 0 Å². The predicted octanol–water partition coefficient (Wildman–Crippen LogP) is 2.46. The fraction of sp³-hybridized carbons (Fsp3) is 0. The van der Waals surface area contributed by atoms with E-state index >= 15 is 0 Å². The van der Waals surface area contributed by atoms with E-state index in [2.05, 4.69) is 22.2 Å². The normalized spacial score (nSPS) is 10.9. The van der Waals surface area contributed by atoms with Crippen LogP contribution in [-0.2, 0) is 0 Å². The first kappa shape index (κ1) is 7.70. The molecule has 0 bridgehead atoms. The number of aromatic nitrogens is 3. The molecule has 2 heterocycles. The van der Waals surface area contributed by atoms with Crippen LogP contribution < -0.4 is 0 Å². The third kappa shape index (κ3) is 1.04. The van der Waals surface area contributed by atoms with Crippen molar-refractivity contribution in [2.24, 2.45) is 0 Å². The van der Waals surface area contributed by atoms with Crippen LogP contribution in [0.4, 0.5) is 0 Å². The Morgan fingerprint density at radius 1 is 1.14 bits per heavy atom. The topological polar surface area (TPSA) is 30.2 Å². The summed E-state index contributed by atoms with van der Waals surface area (Å²) < 4.78 is 1.86. The molecule has 0 unspecified atom stereocenters. The van der Waals surface area contributed by atoms with Gasteiger partial charge in [0, 0.05) is 5.56 Å². The molecule has 4 heteroatoms. The zero-order valence-corrected chi connectivity index (χ0v) is 8.11. The van der Waals surface area contributed by atoms with E-state index in [1.54, 1.807) is 16.8 Å². The largest absolute Gasteiger partial charge is 0.225 e. The highest BCUT2D eigenvalue weighted by molar-refractivity contribution is 7.14. The lowest BCUT2D eigenvalue weighted by Crippen LogP contribution is -1.86. The molecule has 2 aromatic heterocycles. The Balaban J connectivity index is 2.28. The lowest BCUT2D eigenvalue weighted by atomic mass is 10.2. The Morgan fingerprint density at radius 2 is 2.00 bits per heavy atom. The first-order valence-corrected chi connectivity index (χ1v) is 5.16. The maximum atomic E-state index is 4.27. The van der Waals surface area contributed by atoms with Crippen LogP contribution in [0.2, 0.25) is 0 Å². The van der Waals surface area contributed by atoms with Gasteiger partial charge in [0.05, 0.1) is 11.9 Å². The SMILES string of the molecule is c1ccc(-c2cnc3scnn23)cc1. The Labute approximate surface area is 84.7 Å². The van der Waals surface area contributed by atoms with Gasteiger partial charge in [0.2, 0.25) is 4.96 Å². The van der Waals surface area contributed by atoms with Gasteiger partial charge < -0.3 is 0 Å². The molecule has 0 amide bonds. The summed E-state index contributed by atoms with van der Waals surface area (Å²) in [5.74, 6) is 0. The smallest absolute Gasteiger partial charge is 0.212 e. The van der Waals surface area contributed by atoms with Gasteiger partial charge in [-0.3, -0.25) is 0 Å². The Hall–Kier alpha value is -1.68. The van der Waals surface area contributed by atoms with Crippen LogP contribution >= 0.6 is 11.3 Å². The summed E-state index contributed by atoms with van der Waals surface area (Å²) >= 11 is 1.54. The van der Waals surface area contributed by atoms with Crippen LogP contribution in [0.15, 0.2) is 42.0 Å². The number of hydrogen-bond donors (Lipinski definition) is 0. The summed E-state index contributed by atoms with van der Waals surface area (Å²) in [6, 6.07) is 10.1. The molecule has 0 N–H and O–H groups in total. The second-order valence-corrected chi connectivity index (χ2v) is 3.75. The molecule has 0 atom stereocenters. The minimum absolute atomic E-state index is 0.934. The quantitative estimate of drug-likeness (QED) is 0.605. The van der Waals surface area contributed by atoms with Crippen molar-refractivity contribution in [1.29, 1.82) is 0 Å². The molecule has 0 aliphatic rings. The molecule has 1 aromatic carbocycles. The molecular weight excluding hydrogens is 194 g/mol. The van der Waals surface area contributed by atoms with Gasteiger partial charge >= 0.3 is 0 Å². The lowest BCUT2D eigenvalue weighted by Gasteiger charge is -1.96. The molecule has 3 nitrogen and oxygen atoms in total. The molecule has 68 valence electrons. The van der Waals surface area contributed by atoms with E-state index < -0.39 is 0 Å². The fourth-order valence-electron chi connectivity index (χ4n) is 1.44. The van der Waals surface area contributed by atoms with Crippen molar-refractivity contribution >= 4 is 16.3 Å². The van der Waals surface area contributed by atoms with Gasteiger partial charge in [0.1, 0.15) is 5.51 Å². The number of nitrogens with zero attached hydrogens (tertiary/aromatic N) is 3. The predicted molar refractivity (Wildman–Crippen MR) is 56.3 cm³/mol. The van der Waals surface area contributed by atoms with Crippen molar-refractivity contribution in [2.75, 3.05) is 0 Å². The second kappa shape index (κ2) is 2.92. The van der Waals surface area contributed by atoms with Crippen molar-refractivity contribution in [3.63, 3.8) is 0 Å². The van der Waals surface area contributed by atoms with Gasteiger partial charge in [-0.25, -0.2) is 9.50 Å². The summed E-state index contributed by atoms with van der Waals surface area (Å²) in [5, 5.41) is 4.23. The highest BCUT2D eigenvalue weighted by atomic mass is 32.1. The third-order valence-electron chi connectivity index (χ3n) is 2.10. The average molecular weight is 201 g/mol. The summed E-state index contributed by atoms with van der Waals surface area (Å²) in [6.45, 7) is 0. The third-order valence-corrected chi connectivity index (χ3v) is 2.79. The number of rotatable bonds is 1. The average Bonchev–Trinajstić information content (AvgIpc) is 2.79. The van der Waals surface area contributed by atoms with Crippen LogP contribution in [0.3, 0.4) is 0 Å². The van der Waals surface area contributed by atoms with Crippen LogP contribution in [0.25, 0.3) is 16.2 Å². The van der Waals surface area contributed by atoms with E-state index in [0.717, 1.165) is 16.2 Å². The van der Waals surface area contributed by atoms with E-state index in [1.165, 1.54) is 0 Å². The monoisotopic (exact) mass is 201 g/mol. The molecule has 0 saturated carbocycles. The maximum absolute atomic E-state index is 4.27. The van der Waals surface area contributed by atoms with E-state index in [-0.39, 0.29) is 0 Å². The molecule has 3 aromatic rings. The summed E-state index contributed by atoms with van der Waals surface area (Å²) in [5.41, 5.74) is 3.99. The highest BCUT2D eigenvalue weighted by Gasteiger charge is 2.06. The van der Waals surface area contributed by atoms with Gasteiger partial charge in [-0.05, 0) is 0 Å². The van der Waals surface area contributed by atoms with Gasteiger partial charge in [-0.2, -0.15) is 5.10 Å². The van der Waals surface area contributed by atoms with Crippen LogP contribution in [0.1, 0.15) is 0 Å². The molecule has 0 aliphatic carbocycles. The zero-order valence-electron chi connectivity index (χ0n) is 7.29. The number of benzene rings is 1. The molecule has 0 spiro atoms. The number of imidazole rings is 1. The molecule has 0 saturated heterocycles. The molecular formula is C10H7N3S. The molecule has 3 rings (SSSR count). The molecule has 14 heavy (non-hydrogen) atoms. The van der Waals surface area contributed by atoms with Crippen LogP contribution in [-0.4, -0.2) is 14.6 Å². The Kier molecular flexibility index (Phi) is 1.61. The Bertz CT molecular complexity index is 553. The fourth-order valence-corrected chi connectivity index (χ4v) is 2.04. The molecule has 0 aliphatic heterocycles. The highest BCUT2D eigenvalue weighted by Crippen LogP contribution is 2.20. The van der Waals surface area contributed by atoms with E-state index in [9.17, 15) is 0 Å². The first-order valence-electron chi connectivity index (χ1n) is 4.28. The van der Waals surface area contributed by atoms with Crippen LogP contribution in [0, 0.1) is 0 Å². The molecule has 0 radical (unpaired) electrons. The second-order valence-electron chi connectivity index (χ2n) is 2.94. The van der Waals surface area contributed by atoms with Gasteiger partial charge in [0.15, 0.2) is 0 Å². The van der Waals surface area contributed by atoms with Crippen molar-refractivity contribution in [3.8, 4) is 11.3 Å². The summed E-state index contributed by atoms with van der Waals surface area (Å²) in [7, 11) is 0. The standard InChI is InChI=1S/C10H7N3S/c1-2-4-8(5-3-1)9-6-11-10-13(9)12-7-14-10/h1-7H. The minimum Gasteiger partial charge on any atom is -0.225 e. The van der Waals surface area contributed by atoms with E-state index in [1.807, 2.05) is 28.9 Å². The number of hydrogen-bond acceptors (Lipinski definition) is 3. The van der Waals surface area contributed by atoms with Crippen LogP contribution in [0.5, 0.6) is 0 Å². The van der Waals surface area contributed by atoms with Gasteiger partial charge in [-0.15, -0.1) is 0 Å². The van der Waals surface area contributed by atoms with Crippen molar-refractivity contribution in [1.82, 2.24) is 14.6 Å². The first-order chi connectivity index (χ1) is 6.95. The lowest BCUT2D eigenvalue weighted by molar-refractivity contribution is 0.981. The minimum atomic E-state index is 0.934. The van der Waals surface area contributed by atoms with Crippen molar-refractivity contribution in [3.05, 3.63) is 42.0 Å². The van der Waals surface area contributed by atoms with E-state index in [4.69, 9.17) is 0 Å². The summed E-state index contributed by atoms with van der Waals surface area (Å²) in [6.07, 6.45) is 1.86. The van der Waals surface area contributed by atoms with Gasteiger partial charge in [-0.1, -0.05) is 41.7 Å². The zero-order chi connectivity index (χ0) is 9.38. The maximum Gasteiger partial charge on any atom is 0.212 e.